The van der Waals surface area contributed by atoms with Gasteiger partial charge in [0.1, 0.15) is 0 Å². The van der Waals surface area contributed by atoms with Gasteiger partial charge in [-0.05, 0) is 19.8 Å². The van der Waals surface area contributed by atoms with Crippen molar-refractivity contribution in [2.24, 2.45) is 11.8 Å². The minimum Gasteiger partial charge on any atom is -0.466 e. The number of hydrogen-bond acceptors (Lipinski definition) is 6. The zero-order valence-corrected chi connectivity index (χ0v) is 17.9. The number of likely N-dealkylation sites (tertiary alicyclic amines) is 1. The van der Waals surface area contributed by atoms with Crippen LogP contribution in [0.25, 0.3) is 0 Å². The molecular weight excluding hydrogens is 378 g/mol. The third kappa shape index (κ3) is 4.42. The molecule has 8 heteroatoms. The highest BCUT2D eigenvalue weighted by molar-refractivity contribution is 7.99. The quantitative estimate of drug-likeness (QED) is 0.564. The zero-order chi connectivity index (χ0) is 20.5. The Morgan fingerprint density at radius 2 is 1.93 bits per heavy atom. The Bertz CT molecular complexity index is 807. The predicted octanol–water partition coefficient (Wildman–Crippen LogP) is 2.06. The minimum atomic E-state index is -0.239. The van der Waals surface area contributed by atoms with Crippen LogP contribution in [0.5, 0.6) is 0 Å². The van der Waals surface area contributed by atoms with Crippen molar-refractivity contribution >= 4 is 23.6 Å². The number of rotatable bonds is 3. The predicted molar refractivity (Wildman–Crippen MR) is 107 cm³/mol. The Morgan fingerprint density at radius 1 is 1.25 bits per heavy atom. The van der Waals surface area contributed by atoms with Crippen LogP contribution < -0.4 is 5.56 Å². The molecule has 1 amide bonds. The number of piperidine rings is 1. The van der Waals surface area contributed by atoms with Crippen molar-refractivity contribution in [2.75, 3.05) is 25.4 Å². The summed E-state index contributed by atoms with van der Waals surface area (Å²) in [6.45, 7) is 9.78. The highest BCUT2D eigenvalue weighted by Gasteiger charge is 2.34. The van der Waals surface area contributed by atoms with Crippen LogP contribution in [-0.4, -0.2) is 51.8 Å². The van der Waals surface area contributed by atoms with Gasteiger partial charge in [0.25, 0.3) is 5.56 Å². The van der Waals surface area contributed by atoms with E-state index in [-0.39, 0.29) is 34.7 Å². The molecule has 2 aliphatic heterocycles. The summed E-state index contributed by atoms with van der Waals surface area (Å²) in [6.07, 6.45) is 1.27. The molecule has 0 radical (unpaired) electrons. The minimum absolute atomic E-state index is 0.0623. The molecule has 0 saturated carbocycles. The molecule has 154 valence electrons. The van der Waals surface area contributed by atoms with Crippen LogP contribution in [0.2, 0.25) is 0 Å². The number of carbonyl (C=O) groups excluding carboxylic acids is 2. The second-order valence-corrected chi connectivity index (χ2v) is 9.47. The number of aromatic nitrogens is 2. The topological polar surface area (TPSA) is 81.5 Å². The maximum Gasteiger partial charge on any atom is 0.309 e. The van der Waals surface area contributed by atoms with Gasteiger partial charge < -0.3 is 9.64 Å². The summed E-state index contributed by atoms with van der Waals surface area (Å²) in [5, 5.41) is 0.697. The van der Waals surface area contributed by atoms with Gasteiger partial charge in [0, 0.05) is 36.9 Å². The van der Waals surface area contributed by atoms with Gasteiger partial charge in [-0.1, -0.05) is 32.5 Å². The van der Waals surface area contributed by atoms with Gasteiger partial charge in [-0.3, -0.25) is 19.0 Å². The smallest absolute Gasteiger partial charge is 0.309 e. The first kappa shape index (κ1) is 20.9. The van der Waals surface area contributed by atoms with Crippen LogP contribution in [-0.2, 0) is 26.3 Å². The number of nitrogens with zero attached hydrogens (tertiary/aromatic N) is 3. The van der Waals surface area contributed by atoms with E-state index in [4.69, 9.17) is 4.74 Å². The van der Waals surface area contributed by atoms with Crippen LogP contribution in [0, 0.1) is 11.8 Å². The fourth-order valence-electron chi connectivity index (χ4n) is 3.60. The zero-order valence-electron chi connectivity index (χ0n) is 17.1. The lowest BCUT2D eigenvalue weighted by molar-refractivity contribution is -0.151. The van der Waals surface area contributed by atoms with Crippen molar-refractivity contribution < 1.29 is 14.3 Å². The lowest BCUT2D eigenvalue weighted by Gasteiger charge is -2.35. The van der Waals surface area contributed by atoms with E-state index in [1.165, 1.54) is 11.8 Å². The maximum atomic E-state index is 13.0. The van der Waals surface area contributed by atoms with E-state index in [1.807, 2.05) is 25.7 Å². The van der Waals surface area contributed by atoms with Gasteiger partial charge in [0.2, 0.25) is 5.91 Å². The standard InChI is InChI=1S/C20H29N3O4S/c1-5-27-18(26)13-6-8-22(9-7-13)17(25)14-11-23-16(24)10-15(20(2,3)4)21-19(23)28-12-14/h10,13-14H,5-9,11-12H2,1-4H3. The van der Waals surface area contributed by atoms with E-state index < -0.39 is 0 Å². The Kier molecular flexibility index (Phi) is 6.17. The average molecular weight is 408 g/mol. The van der Waals surface area contributed by atoms with Crippen molar-refractivity contribution in [3.63, 3.8) is 0 Å². The summed E-state index contributed by atoms with van der Waals surface area (Å²) in [5.74, 6) is 0.164. The van der Waals surface area contributed by atoms with Gasteiger partial charge in [-0.25, -0.2) is 4.98 Å². The molecule has 0 aromatic carbocycles. The molecule has 7 nitrogen and oxygen atoms in total. The van der Waals surface area contributed by atoms with Crippen LogP contribution in [0.15, 0.2) is 16.0 Å². The Morgan fingerprint density at radius 3 is 2.54 bits per heavy atom. The van der Waals surface area contributed by atoms with Gasteiger partial charge in [-0.15, -0.1) is 0 Å². The summed E-state index contributed by atoms with van der Waals surface area (Å²) in [6, 6.07) is 1.59. The summed E-state index contributed by atoms with van der Waals surface area (Å²) in [5.41, 5.74) is 0.494. The van der Waals surface area contributed by atoms with Crippen LogP contribution >= 0.6 is 11.8 Å². The van der Waals surface area contributed by atoms with Crippen molar-refractivity contribution in [2.45, 2.75) is 57.7 Å². The molecule has 3 heterocycles. The molecule has 28 heavy (non-hydrogen) atoms. The summed E-state index contributed by atoms with van der Waals surface area (Å²) in [4.78, 5) is 43.9. The fraction of sp³-hybridized carbons (Fsp3) is 0.700. The second kappa shape index (κ2) is 8.27. The molecule has 1 atom stereocenters. The maximum absolute atomic E-state index is 13.0. The van der Waals surface area contributed by atoms with E-state index >= 15 is 0 Å². The van der Waals surface area contributed by atoms with E-state index in [9.17, 15) is 14.4 Å². The summed E-state index contributed by atoms with van der Waals surface area (Å²) < 4.78 is 6.71. The molecule has 0 aliphatic carbocycles. The monoisotopic (exact) mass is 407 g/mol. The lowest BCUT2D eigenvalue weighted by Crippen LogP contribution is -2.46. The Hall–Kier alpha value is -1.83. The van der Waals surface area contributed by atoms with E-state index in [0.29, 0.717) is 50.0 Å². The largest absolute Gasteiger partial charge is 0.466 e. The number of hydrogen-bond donors (Lipinski definition) is 0. The Balaban J connectivity index is 1.65. The highest BCUT2D eigenvalue weighted by atomic mass is 32.2. The van der Waals surface area contributed by atoms with E-state index in [1.54, 1.807) is 17.6 Å². The van der Waals surface area contributed by atoms with Gasteiger partial charge in [0.15, 0.2) is 5.16 Å². The van der Waals surface area contributed by atoms with Gasteiger partial charge >= 0.3 is 5.97 Å². The molecule has 3 rings (SSSR count). The molecule has 1 aromatic rings. The first-order chi connectivity index (χ1) is 13.2. The first-order valence-electron chi connectivity index (χ1n) is 9.91. The number of esters is 1. The van der Waals surface area contributed by atoms with Gasteiger partial charge in [0.05, 0.1) is 24.1 Å². The van der Waals surface area contributed by atoms with Crippen molar-refractivity contribution in [3.05, 3.63) is 22.1 Å². The third-order valence-electron chi connectivity index (χ3n) is 5.33. The van der Waals surface area contributed by atoms with E-state index in [2.05, 4.69) is 4.98 Å². The first-order valence-corrected chi connectivity index (χ1v) is 10.9. The molecule has 0 bridgehead atoms. The lowest BCUT2D eigenvalue weighted by atomic mass is 9.92. The van der Waals surface area contributed by atoms with Crippen LogP contribution in [0.3, 0.4) is 0 Å². The molecule has 0 N–H and O–H groups in total. The number of fused-ring (bicyclic) bond motifs is 1. The summed E-state index contributed by atoms with van der Waals surface area (Å²) in [7, 11) is 0. The number of ether oxygens (including phenoxy) is 1. The van der Waals surface area contributed by atoms with Crippen LogP contribution in [0.1, 0.15) is 46.2 Å². The van der Waals surface area contributed by atoms with Crippen molar-refractivity contribution in [1.82, 2.24) is 14.5 Å². The van der Waals surface area contributed by atoms with E-state index in [0.717, 1.165) is 5.69 Å². The molecule has 1 aromatic heterocycles. The fourth-order valence-corrected chi connectivity index (χ4v) is 4.68. The molecule has 2 aliphatic rings. The second-order valence-electron chi connectivity index (χ2n) is 8.48. The number of carbonyl (C=O) groups is 2. The summed E-state index contributed by atoms with van der Waals surface area (Å²) >= 11 is 1.48. The molecule has 1 fully saturated rings. The van der Waals surface area contributed by atoms with Crippen molar-refractivity contribution in [3.8, 4) is 0 Å². The van der Waals surface area contributed by atoms with Crippen molar-refractivity contribution in [1.29, 1.82) is 0 Å². The molecule has 1 unspecified atom stereocenters. The number of thioether (sulfide) groups is 1. The van der Waals surface area contributed by atoms with Gasteiger partial charge in [-0.2, -0.15) is 0 Å². The number of amides is 1. The Labute approximate surface area is 169 Å². The SMILES string of the molecule is CCOC(=O)C1CCN(C(=O)C2CSc3nc(C(C)(C)C)cc(=O)n3C2)CC1. The molecule has 1 saturated heterocycles. The normalized spacial score (nSPS) is 20.6. The third-order valence-corrected chi connectivity index (χ3v) is 6.47. The molecule has 0 spiro atoms. The average Bonchev–Trinajstić information content (AvgIpc) is 2.66. The highest BCUT2D eigenvalue weighted by Crippen LogP contribution is 2.30. The van der Waals surface area contributed by atoms with Crippen LogP contribution in [0.4, 0.5) is 0 Å². The molecular formula is C20H29N3O4S.